The first kappa shape index (κ1) is 34.0. The van der Waals surface area contributed by atoms with Crippen molar-refractivity contribution in [2.75, 3.05) is 0 Å². The molecule has 0 aromatic heterocycles. The molecular formula is C38H55O3P. The zero-order valence-electron chi connectivity index (χ0n) is 28.9. The summed E-state index contributed by atoms with van der Waals surface area (Å²) < 4.78 is 20.6. The molecule has 3 aromatic carbocycles. The largest absolute Gasteiger partial charge is 0.530 e. The monoisotopic (exact) mass is 590 g/mol. The lowest BCUT2D eigenvalue weighted by Crippen LogP contribution is -2.24. The molecule has 4 heteroatoms. The molecule has 0 bridgehead atoms. The normalized spacial score (nSPS) is 13.3. The second kappa shape index (κ2) is 11.9. The quantitative estimate of drug-likeness (QED) is 0.267. The SMILES string of the molecule is CC(C)(C)c1ccccc1OP(Oc1cccc(C(C)(C)C)c1C(C)(C)C)Oc1cccc(C(C)(C)C)c1C(C)(C)C. The van der Waals surface area contributed by atoms with Crippen molar-refractivity contribution >= 4 is 8.60 Å². The highest BCUT2D eigenvalue weighted by molar-refractivity contribution is 7.43. The predicted octanol–water partition coefficient (Wildman–Crippen LogP) is 11.9. The molecule has 0 atom stereocenters. The van der Waals surface area contributed by atoms with E-state index in [9.17, 15) is 0 Å². The van der Waals surface area contributed by atoms with Gasteiger partial charge in [0.15, 0.2) is 0 Å². The Morgan fingerprint density at radius 1 is 0.357 bits per heavy atom. The molecule has 0 aliphatic carbocycles. The summed E-state index contributed by atoms with van der Waals surface area (Å²) in [6.07, 6.45) is 0. The molecule has 3 aromatic rings. The maximum Gasteiger partial charge on any atom is 0.530 e. The molecule has 3 rings (SSSR count). The number of para-hydroxylation sites is 1. The summed E-state index contributed by atoms with van der Waals surface area (Å²) in [5.74, 6) is 2.39. The summed E-state index contributed by atoms with van der Waals surface area (Å²) in [6.45, 7) is 33.6. The standard InChI is InChI=1S/C38H55O3P/c1-34(2,3)26-20-16-17-23-29(26)39-42(40-30-24-18-21-27(35(4,5)6)32(30)37(10,11)12)41-31-25-19-22-28(36(7,8)9)33(31)38(13,14)15/h16-25H,1-15H3. The third-order valence-corrected chi connectivity index (χ3v) is 8.42. The number of rotatable bonds is 6. The van der Waals surface area contributed by atoms with E-state index in [-0.39, 0.29) is 27.1 Å². The first-order valence-electron chi connectivity index (χ1n) is 15.2. The Morgan fingerprint density at radius 2 is 0.667 bits per heavy atom. The fraction of sp³-hybridized carbons (Fsp3) is 0.526. The van der Waals surface area contributed by atoms with Crippen molar-refractivity contribution in [1.29, 1.82) is 0 Å². The van der Waals surface area contributed by atoms with E-state index in [1.54, 1.807) is 0 Å². The van der Waals surface area contributed by atoms with Crippen molar-refractivity contribution in [2.24, 2.45) is 0 Å². The van der Waals surface area contributed by atoms with Gasteiger partial charge in [0.05, 0.1) is 0 Å². The molecule has 0 spiro atoms. The van der Waals surface area contributed by atoms with Crippen LogP contribution in [0.3, 0.4) is 0 Å². The van der Waals surface area contributed by atoms with Gasteiger partial charge in [-0.3, -0.25) is 0 Å². The lowest BCUT2D eigenvalue weighted by molar-refractivity contribution is 0.369. The Kier molecular flexibility index (Phi) is 9.61. The van der Waals surface area contributed by atoms with Crippen LogP contribution >= 0.6 is 8.60 Å². The zero-order chi connectivity index (χ0) is 31.9. The van der Waals surface area contributed by atoms with Gasteiger partial charge in [-0.05, 0) is 56.4 Å². The third-order valence-electron chi connectivity index (χ3n) is 7.38. The maximum absolute atomic E-state index is 6.90. The van der Waals surface area contributed by atoms with E-state index in [4.69, 9.17) is 13.6 Å². The highest BCUT2D eigenvalue weighted by Gasteiger charge is 2.34. The molecule has 42 heavy (non-hydrogen) atoms. The third kappa shape index (κ3) is 8.10. The average Bonchev–Trinajstić information content (AvgIpc) is 2.81. The Bertz CT molecular complexity index is 1290. The van der Waals surface area contributed by atoms with Crippen LogP contribution in [-0.4, -0.2) is 0 Å². The smallest absolute Gasteiger partial charge is 0.408 e. The molecule has 3 nitrogen and oxygen atoms in total. The predicted molar refractivity (Wildman–Crippen MR) is 182 cm³/mol. The van der Waals surface area contributed by atoms with Gasteiger partial charge in [-0.25, -0.2) is 0 Å². The fourth-order valence-corrected chi connectivity index (χ4v) is 6.53. The molecule has 0 saturated heterocycles. The van der Waals surface area contributed by atoms with E-state index in [2.05, 4.69) is 152 Å². The Balaban J connectivity index is 2.24. The lowest BCUT2D eigenvalue weighted by Gasteiger charge is -2.34. The Morgan fingerprint density at radius 3 is 1.02 bits per heavy atom. The number of hydrogen-bond donors (Lipinski definition) is 0. The molecule has 0 N–H and O–H groups in total. The summed E-state index contributed by atoms with van der Waals surface area (Å²) >= 11 is 0. The molecule has 0 unspecified atom stereocenters. The highest BCUT2D eigenvalue weighted by Crippen LogP contribution is 2.51. The van der Waals surface area contributed by atoms with Crippen LogP contribution in [0, 0.1) is 0 Å². The van der Waals surface area contributed by atoms with Gasteiger partial charge in [0.25, 0.3) is 0 Å². The van der Waals surface area contributed by atoms with Crippen molar-refractivity contribution in [3.05, 3.63) is 88.5 Å². The minimum Gasteiger partial charge on any atom is -0.408 e. The van der Waals surface area contributed by atoms with Crippen LogP contribution in [-0.2, 0) is 27.1 Å². The van der Waals surface area contributed by atoms with E-state index in [1.807, 2.05) is 12.1 Å². The van der Waals surface area contributed by atoms with Gasteiger partial charge in [0.1, 0.15) is 17.2 Å². The van der Waals surface area contributed by atoms with Gasteiger partial charge in [-0.15, -0.1) is 0 Å². The van der Waals surface area contributed by atoms with Gasteiger partial charge in [0, 0.05) is 16.7 Å². The molecule has 0 radical (unpaired) electrons. The van der Waals surface area contributed by atoms with Crippen molar-refractivity contribution < 1.29 is 13.6 Å². The molecule has 0 fully saturated rings. The van der Waals surface area contributed by atoms with Crippen molar-refractivity contribution in [2.45, 2.75) is 131 Å². The fourth-order valence-electron chi connectivity index (χ4n) is 5.47. The number of hydrogen-bond acceptors (Lipinski definition) is 3. The van der Waals surface area contributed by atoms with E-state index >= 15 is 0 Å². The second-order valence-electron chi connectivity index (χ2n) is 16.6. The van der Waals surface area contributed by atoms with Crippen LogP contribution in [0.15, 0.2) is 60.7 Å². The van der Waals surface area contributed by atoms with Crippen LogP contribution in [0.2, 0.25) is 0 Å². The van der Waals surface area contributed by atoms with Gasteiger partial charge < -0.3 is 13.6 Å². The zero-order valence-corrected chi connectivity index (χ0v) is 29.8. The van der Waals surface area contributed by atoms with Crippen LogP contribution in [0.25, 0.3) is 0 Å². The minimum absolute atomic E-state index is 0.0499. The van der Waals surface area contributed by atoms with Gasteiger partial charge in [-0.2, -0.15) is 0 Å². The van der Waals surface area contributed by atoms with Crippen LogP contribution < -0.4 is 13.6 Å². The van der Waals surface area contributed by atoms with Crippen LogP contribution in [0.5, 0.6) is 17.2 Å². The van der Waals surface area contributed by atoms with E-state index < -0.39 is 8.60 Å². The van der Waals surface area contributed by atoms with E-state index in [1.165, 1.54) is 22.3 Å². The molecule has 0 saturated carbocycles. The molecule has 0 heterocycles. The van der Waals surface area contributed by atoms with E-state index in [0.717, 1.165) is 22.8 Å². The molecule has 0 amide bonds. The van der Waals surface area contributed by atoms with Crippen LogP contribution in [0.4, 0.5) is 0 Å². The van der Waals surface area contributed by atoms with Gasteiger partial charge in [-0.1, -0.05) is 146 Å². The number of benzene rings is 3. The highest BCUT2D eigenvalue weighted by atomic mass is 31.2. The first-order chi connectivity index (χ1) is 19.0. The molecular weight excluding hydrogens is 535 g/mol. The van der Waals surface area contributed by atoms with Crippen molar-refractivity contribution in [1.82, 2.24) is 0 Å². The van der Waals surface area contributed by atoms with Gasteiger partial charge >= 0.3 is 8.60 Å². The summed E-state index contributed by atoms with van der Waals surface area (Å²) in [6, 6.07) is 21.0. The molecule has 230 valence electrons. The second-order valence-corrected chi connectivity index (χ2v) is 17.6. The lowest BCUT2D eigenvalue weighted by atomic mass is 9.75. The summed E-state index contributed by atoms with van der Waals surface area (Å²) in [7, 11) is -1.88. The summed E-state index contributed by atoms with van der Waals surface area (Å²) in [5.41, 5.74) is 5.51. The summed E-state index contributed by atoms with van der Waals surface area (Å²) in [5, 5.41) is 0. The minimum atomic E-state index is -1.88. The molecule has 0 aliphatic heterocycles. The maximum atomic E-state index is 6.90. The Labute approximate surface area is 258 Å². The summed E-state index contributed by atoms with van der Waals surface area (Å²) in [4.78, 5) is 0. The van der Waals surface area contributed by atoms with Crippen LogP contribution in [0.1, 0.15) is 132 Å². The van der Waals surface area contributed by atoms with E-state index in [0.29, 0.717) is 0 Å². The average molecular weight is 591 g/mol. The van der Waals surface area contributed by atoms with Gasteiger partial charge in [0.2, 0.25) is 0 Å². The van der Waals surface area contributed by atoms with Crippen molar-refractivity contribution in [3.8, 4) is 17.2 Å². The molecule has 0 aliphatic rings. The topological polar surface area (TPSA) is 27.7 Å². The first-order valence-corrected chi connectivity index (χ1v) is 16.3. The van der Waals surface area contributed by atoms with Crippen molar-refractivity contribution in [3.63, 3.8) is 0 Å². The Hall–Kier alpha value is -2.51.